The van der Waals surface area contributed by atoms with Crippen LogP contribution in [0.15, 0.2) is 42.7 Å². The number of aromatic nitrogens is 3. The van der Waals surface area contributed by atoms with E-state index in [0.717, 1.165) is 6.07 Å². The number of nitrogens with zero attached hydrogens (tertiary/aromatic N) is 4. The Morgan fingerprint density at radius 1 is 1.17 bits per heavy atom. The Hall–Kier alpha value is -3.43. The van der Waals surface area contributed by atoms with E-state index in [1.807, 2.05) is 0 Å². The molecular weight excluding hydrogens is 392 g/mol. The molecule has 0 spiro atoms. The monoisotopic (exact) mass is 406 g/mol. The molecule has 1 aliphatic rings. The lowest BCUT2D eigenvalue weighted by atomic mass is 10.1. The zero-order valence-corrected chi connectivity index (χ0v) is 15.1. The van der Waals surface area contributed by atoms with E-state index in [9.17, 15) is 22.4 Å². The molecule has 0 bridgehead atoms. The van der Waals surface area contributed by atoms with Crippen molar-refractivity contribution in [2.45, 2.75) is 13.1 Å². The van der Waals surface area contributed by atoms with Gasteiger partial charge >= 0.3 is 6.18 Å². The summed E-state index contributed by atoms with van der Waals surface area (Å²) in [5, 5.41) is 4.10. The van der Waals surface area contributed by atoms with Gasteiger partial charge in [-0.15, -0.1) is 0 Å². The van der Waals surface area contributed by atoms with Crippen molar-refractivity contribution < 1.29 is 27.1 Å². The van der Waals surface area contributed by atoms with E-state index in [-0.39, 0.29) is 36.2 Å². The number of hydrogen-bond acceptors (Lipinski definition) is 4. The molecule has 0 atom stereocenters. The number of ether oxygens (including phenoxy) is 1. The lowest BCUT2D eigenvalue weighted by Gasteiger charge is -2.29. The Labute approximate surface area is 162 Å². The van der Waals surface area contributed by atoms with Crippen LogP contribution < -0.4 is 9.64 Å². The van der Waals surface area contributed by atoms with Crippen LogP contribution in [0, 0.1) is 12.7 Å². The maximum atomic E-state index is 13.4. The van der Waals surface area contributed by atoms with Crippen LogP contribution in [0.4, 0.5) is 23.2 Å². The first kappa shape index (κ1) is 18.9. The molecule has 150 valence electrons. The Morgan fingerprint density at radius 3 is 2.66 bits per heavy atom. The summed E-state index contributed by atoms with van der Waals surface area (Å²) in [7, 11) is 0. The Bertz CT molecular complexity index is 1080. The van der Waals surface area contributed by atoms with Crippen molar-refractivity contribution >= 4 is 11.6 Å². The smallest absolute Gasteiger partial charge is 0.417 e. The highest BCUT2D eigenvalue weighted by molar-refractivity contribution is 6.07. The molecule has 10 heteroatoms. The Kier molecular flexibility index (Phi) is 4.48. The molecule has 3 aromatic rings. The summed E-state index contributed by atoms with van der Waals surface area (Å²) in [5.74, 6) is -0.440. The van der Waals surface area contributed by atoms with Crippen molar-refractivity contribution in [2.75, 3.05) is 18.1 Å². The number of pyridine rings is 1. The van der Waals surface area contributed by atoms with Gasteiger partial charge in [-0.05, 0) is 31.2 Å². The third-order valence-corrected chi connectivity index (χ3v) is 4.56. The highest BCUT2D eigenvalue weighted by Crippen LogP contribution is 2.33. The van der Waals surface area contributed by atoms with Crippen molar-refractivity contribution in [2.24, 2.45) is 0 Å². The molecule has 0 radical (unpaired) electrons. The van der Waals surface area contributed by atoms with E-state index >= 15 is 0 Å². The molecular formula is C19H14F4N4O2. The molecule has 1 aliphatic heterocycles. The van der Waals surface area contributed by atoms with Crippen LogP contribution in [0.3, 0.4) is 0 Å². The standard InChI is InChI=1S/C19H14F4N4O2/c1-11-14(10-25-27(11)17-5-2-12(9-24-17)19(21,22)23)18(28)26-6-7-29-16-8-13(20)3-4-15(16)26/h2-5,8-10H,6-7H2,1H3. The molecule has 0 aliphatic carbocycles. The van der Waals surface area contributed by atoms with Gasteiger partial charge in [-0.25, -0.2) is 14.1 Å². The van der Waals surface area contributed by atoms with Crippen LogP contribution in [0.5, 0.6) is 5.75 Å². The highest BCUT2D eigenvalue weighted by Gasteiger charge is 2.31. The first-order valence-electron chi connectivity index (χ1n) is 8.58. The Morgan fingerprint density at radius 2 is 1.97 bits per heavy atom. The minimum absolute atomic E-state index is 0.152. The summed E-state index contributed by atoms with van der Waals surface area (Å²) >= 11 is 0. The third-order valence-electron chi connectivity index (χ3n) is 4.56. The normalized spacial score (nSPS) is 13.8. The van der Waals surface area contributed by atoms with Gasteiger partial charge < -0.3 is 9.64 Å². The van der Waals surface area contributed by atoms with Gasteiger partial charge in [0.1, 0.15) is 18.2 Å². The van der Waals surface area contributed by atoms with E-state index < -0.39 is 17.6 Å². The minimum atomic E-state index is -4.49. The largest absolute Gasteiger partial charge is 0.489 e. The molecule has 29 heavy (non-hydrogen) atoms. The number of carbonyl (C=O) groups excluding carboxylic acids is 1. The fourth-order valence-electron chi connectivity index (χ4n) is 3.08. The molecule has 1 amide bonds. The van der Waals surface area contributed by atoms with Crippen LogP contribution >= 0.6 is 0 Å². The molecule has 0 saturated carbocycles. The average Bonchev–Trinajstić information content (AvgIpc) is 3.07. The van der Waals surface area contributed by atoms with Crippen LogP contribution in [0.1, 0.15) is 21.6 Å². The van der Waals surface area contributed by atoms with Crippen molar-refractivity contribution in [1.29, 1.82) is 0 Å². The van der Waals surface area contributed by atoms with Gasteiger partial charge in [-0.3, -0.25) is 4.79 Å². The lowest BCUT2D eigenvalue weighted by molar-refractivity contribution is -0.137. The number of fused-ring (bicyclic) bond motifs is 1. The zero-order valence-electron chi connectivity index (χ0n) is 15.1. The molecule has 0 fully saturated rings. The Balaban J connectivity index is 1.65. The first-order chi connectivity index (χ1) is 13.8. The van der Waals surface area contributed by atoms with E-state index in [1.165, 1.54) is 40.0 Å². The van der Waals surface area contributed by atoms with Crippen LogP contribution in [0.2, 0.25) is 0 Å². The van der Waals surface area contributed by atoms with E-state index in [2.05, 4.69) is 10.1 Å². The van der Waals surface area contributed by atoms with Crippen LogP contribution in [0.25, 0.3) is 5.82 Å². The molecule has 2 aromatic heterocycles. The maximum absolute atomic E-state index is 13.4. The van der Waals surface area contributed by atoms with Gasteiger partial charge in [0, 0.05) is 12.3 Å². The van der Waals surface area contributed by atoms with Crippen molar-refractivity contribution in [3.63, 3.8) is 0 Å². The molecule has 0 saturated heterocycles. The summed E-state index contributed by atoms with van der Waals surface area (Å²) < 4.78 is 58.3. The number of carbonyl (C=O) groups is 1. The minimum Gasteiger partial charge on any atom is -0.489 e. The quantitative estimate of drug-likeness (QED) is 0.608. The van der Waals surface area contributed by atoms with Gasteiger partial charge in [-0.2, -0.15) is 18.3 Å². The fraction of sp³-hybridized carbons (Fsp3) is 0.211. The van der Waals surface area contributed by atoms with Gasteiger partial charge in [0.25, 0.3) is 5.91 Å². The van der Waals surface area contributed by atoms with Gasteiger partial charge in [-0.1, -0.05) is 0 Å². The summed E-state index contributed by atoms with van der Waals surface area (Å²) in [6.45, 7) is 2.09. The van der Waals surface area contributed by atoms with Gasteiger partial charge in [0.15, 0.2) is 5.82 Å². The third kappa shape index (κ3) is 3.41. The fourth-order valence-corrected chi connectivity index (χ4v) is 3.08. The number of rotatable bonds is 2. The van der Waals surface area contributed by atoms with E-state index in [1.54, 1.807) is 6.92 Å². The highest BCUT2D eigenvalue weighted by atomic mass is 19.4. The topological polar surface area (TPSA) is 60.3 Å². The number of anilines is 1. The molecule has 0 N–H and O–H groups in total. The second-order valence-electron chi connectivity index (χ2n) is 6.38. The average molecular weight is 406 g/mol. The van der Waals surface area contributed by atoms with Crippen LogP contribution in [-0.4, -0.2) is 33.8 Å². The molecule has 3 heterocycles. The predicted octanol–water partition coefficient (Wildman–Crippen LogP) is 3.77. The summed E-state index contributed by atoms with van der Waals surface area (Å²) in [4.78, 5) is 18.3. The molecule has 1 aromatic carbocycles. The number of amides is 1. The SMILES string of the molecule is Cc1c(C(=O)N2CCOc3cc(F)ccc32)cnn1-c1ccc(C(F)(F)F)cn1. The van der Waals surface area contributed by atoms with Gasteiger partial charge in [0.05, 0.1) is 35.2 Å². The summed E-state index contributed by atoms with van der Waals surface area (Å²) in [6.07, 6.45) is -2.45. The second kappa shape index (κ2) is 6.87. The van der Waals surface area contributed by atoms with Gasteiger partial charge in [0.2, 0.25) is 0 Å². The number of alkyl halides is 3. The van der Waals surface area contributed by atoms with Crippen molar-refractivity contribution in [1.82, 2.24) is 14.8 Å². The zero-order chi connectivity index (χ0) is 20.8. The molecule has 4 rings (SSSR count). The van der Waals surface area contributed by atoms with Crippen molar-refractivity contribution in [3.05, 3.63) is 65.4 Å². The van der Waals surface area contributed by atoms with E-state index in [0.29, 0.717) is 17.6 Å². The number of halogens is 4. The second-order valence-corrected chi connectivity index (χ2v) is 6.38. The first-order valence-corrected chi connectivity index (χ1v) is 8.58. The summed E-state index contributed by atoms with van der Waals surface area (Å²) in [6, 6.07) is 5.98. The number of hydrogen-bond donors (Lipinski definition) is 0. The predicted molar refractivity (Wildman–Crippen MR) is 94.7 cm³/mol. The van der Waals surface area contributed by atoms with Crippen molar-refractivity contribution in [3.8, 4) is 11.6 Å². The molecule has 0 unspecified atom stereocenters. The number of benzene rings is 1. The summed E-state index contributed by atoms with van der Waals surface area (Å²) in [5.41, 5.74) is 0.225. The molecule has 6 nitrogen and oxygen atoms in total. The maximum Gasteiger partial charge on any atom is 0.417 e. The van der Waals surface area contributed by atoms with E-state index in [4.69, 9.17) is 4.74 Å². The lowest BCUT2D eigenvalue weighted by Crippen LogP contribution is -2.38. The van der Waals surface area contributed by atoms with Crippen LogP contribution in [-0.2, 0) is 6.18 Å².